The molecule has 234 valence electrons. The van der Waals surface area contributed by atoms with Gasteiger partial charge in [-0.1, -0.05) is 108 Å². The molecule has 4 heteroatoms. The van der Waals surface area contributed by atoms with Crippen molar-refractivity contribution in [1.82, 2.24) is 0 Å². The van der Waals surface area contributed by atoms with Crippen LogP contribution >= 0.6 is 11.8 Å². The van der Waals surface area contributed by atoms with Crippen LogP contribution in [0.5, 0.6) is 0 Å². The smallest absolute Gasteiger partial charge is 0.305 e. The number of allylic oxidation sites excluding steroid dienone is 3. The lowest BCUT2D eigenvalue weighted by molar-refractivity contribution is -0.144. The third kappa shape index (κ3) is 25.6. The van der Waals surface area contributed by atoms with Gasteiger partial charge in [-0.3, -0.25) is 9.59 Å². The molecular formula is C37H62O3S. The van der Waals surface area contributed by atoms with Crippen molar-refractivity contribution in [1.29, 1.82) is 0 Å². The largest absolute Gasteiger partial charge is 0.465 e. The zero-order valence-electron chi connectivity index (χ0n) is 27.3. The zero-order chi connectivity index (χ0) is 30.6. The standard InChI is InChI=1S/C20H30.C17H32O3S/c1-5-10-19-13-9-14-20(16-19)12-8-7-11-18(6-2)15-17(3)4;1-3-5-6-7-8-9-12-17(19)20-14-13-16(18)11-10-15-21-4-2/h7,9,11,13-14,16,18H,3,5-6,8,10,12,15H2,1-2,4H3;3-15H2,1-2H3/b11-7+;. The van der Waals surface area contributed by atoms with Gasteiger partial charge in [0.2, 0.25) is 0 Å². The van der Waals surface area contributed by atoms with Gasteiger partial charge in [0.25, 0.3) is 0 Å². The molecule has 0 saturated carbocycles. The van der Waals surface area contributed by atoms with E-state index >= 15 is 0 Å². The molecule has 0 aliphatic rings. The van der Waals surface area contributed by atoms with Crippen molar-refractivity contribution in [3.63, 3.8) is 0 Å². The number of hydrogen-bond acceptors (Lipinski definition) is 4. The summed E-state index contributed by atoms with van der Waals surface area (Å²) < 4.78 is 5.10. The molecule has 0 heterocycles. The molecule has 0 aromatic heterocycles. The molecule has 0 aliphatic heterocycles. The molecule has 0 N–H and O–H groups in total. The minimum Gasteiger partial charge on any atom is -0.465 e. The average Bonchev–Trinajstić information content (AvgIpc) is 2.95. The van der Waals surface area contributed by atoms with Gasteiger partial charge in [-0.05, 0) is 80.4 Å². The number of unbranched alkanes of at least 4 members (excludes halogenated alkanes) is 5. The fraction of sp³-hybridized carbons (Fsp3) is 0.676. The van der Waals surface area contributed by atoms with Gasteiger partial charge < -0.3 is 4.74 Å². The Kier molecular flexibility index (Phi) is 27.1. The van der Waals surface area contributed by atoms with Crippen LogP contribution in [0, 0.1) is 5.92 Å². The van der Waals surface area contributed by atoms with Crippen molar-refractivity contribution in [3.05, 3.63) is 59.7 Å². The highest BCUT2D eigenvalue weighted by Gasteiger charge is 2.06. The number of esters is 1. The van der Waals surface area contributed by atoms with Gasteiger partial charge >= 0.3 is 5.97 Å². The molecule has 1 unspecified atom stereocenters. The summed E-state index contributed by atoms with van der Waals surface area (Å²) in [6.07, 6.45) is 21.2. The summed E-state index contributed by atoms with van der Waals surface area (Å²) in [6.45, 7) is 15.2. The van der Waals surface area contributed by atoms with Gasteiger partial charge in [-0.2, -0.15) is 11.8 Å². The Morgan fingerprint density at radius 1 is 0.902 bits per heavy atom. The van der Waals surface area contributed by atoms with E-state index < -0.39 is 0 Å². The molecule has 3 nitrogen and oxygen atoms in total. The zero-order valence-corrected chi connectivity index (χ0v) is 28.1. The van der Waals surface area contributed by atoms with E-state index in [1.165, 1.54) is 61.6 Å². The van der Waals surface area contributed by atoms with Crippen LogP contribution in [-0.4, -0.2) is 29.9 Å². The van der Waals surface area contributed by atoms with E-state index in [0.717, 1.165) is 50.0 Å². The third-order valence-electron chi connectivity index (χ3n) is 7.00. The van der Waals surface area contributed by atoms with E-state index in [0.29, 0.717) is 25.2 Å². The molecule has 1 aromatic rings. The number of ketones is 1. The molecule has 0 bridgehead atoms. The van der Waals surface area contributed by atoms with Crippen LogP contribution in [0.2, 0.25) is 0 Å². The van der Waals surface area contributed by atoms with Gasteiger partial charge in [0, 0.05) is 19.3 Å². The van der Waals surface area contributed by atoms with Gasteiger partial charge in [0.05, 0.1) is 6.61 Å². The topological polar surface area (TPSA) is 43.4 Å². The molecule has 0 radical (unpaired) electrons. The second-order valence-corrected chi connectivity index (χ2v) is 12.6. The monoisotopic (exact) mass is 586 g/mol. The van der Waals surface area contributed by atoms with Crippen LogP contribution in [0.25, 0.3) is 0 Å². The number of carbonyl (C=O) groups is 2. The molecule has 1 rings (SSSR count). The summed E-state index contributed by atoms with van der Waals surface area (Å²) in [7, 11) is 0. The van der Waals surface area contributed by atoms with Crippen molar-refractivity contribution in [2.45, 2.75) is 137 Å². The van der Waals surface area contributed by atoms with Crippen molar-refractivity contribution in [3.8, 4) is 0 Å². The Morgan fingerprint density at radius 2 is 1.61 bits per heavy atom. The molecule has 0 aliphatic carbocycles. The maximum absolute atomic E-state index is 11.5. The Bertz CT molecular complexity index is 829. The number of ether oxygens (including phenoxy) is 1. The summed E-state index contributed by atoms with van der Waals surface area (Å²) >= 11 is 1.86. The van der Waals surface area contributed by atoms with Crippen LogP contribution in [0.3, 0.4) is 0 Å². The van der Waals surface area contributed by atoms with E-state index in [4.69, 9.17) is 4.74 Å². The summed E-state index contributed by atoms with van der Waals surface area (Å²) in [5.74, 6) is 2.86. The van der Waals surface area contributed by atoms with Gasteiger partial charge in [-0.25, -0.2) is 0 Å². The summed E-state index contributed by atoms with van der Waals surface area (Å²) in [4.78, 5) is 23.0. The highest BCUT2D eigenvalue weighted by Crippen LogP contribution is 2.16. The van der Waals surface area contributed by atoms with Crippen molar-refractivity contribution in [2.75, 3.05) is 18.1 Å². The third-order valence-corrected chi connectivity index (χ3v) is 7.99. The summed E-state index contributed by atoms with van der Waals surface area (Å²) in [6, 6.07) is 9.05. The van der Waals surface area contributed by atoms with E-state index in [1.54, 1.807) is 0 Å². The van der Waals surface area contributed by atoms with E-state index in [9.17, 15) is 9.59 Å². The first-order chi connectivity index (χ1) is 19.9. The average molecular weight is 587 g/mol. The summed E-state index contributed by atoms with van der Waals surface area (Å²) in [5.41, 5.74) is 4.23. The quantitative estimate of drug-likeness (QED) is 0.0686. The lowest BCUT2D eigenvalue weighted by Gasteiger charge is -2.09. The normalized spacial score (nSPS) is 11.6. The molecule has 41 heavy (non-hydrogen) atoms. The molecule has 1 atom stereocenters. The lowest BCUT2D eigenvalue weighted by Crippen LogP contribution is -2.09. The molecule has 0 amide bonds. The van der Waals surface area contributed by atoms with Crippen LogP contribution in [0.4, 0.5) is 0 Å². The predicted octanol–water partition coefficient (Wildman–Crippen LogP) is 10.9. The number of carbonyl (C=O) groups excluding carboxylic acids is 2. The summed E-state index contributed by atoms with van der Waals surface area (Å²) in [5, 5.41) is 0. The van der Waals surface area contributed by atoms with Crippen molar-refractivity contribution >= 4 is 23.5 Å². The number of hydrogen-bond donors (Lipinski definition) is 0. The lowest BCUT2D eigenvalue weighted by atomic mass is 9.97. The highest BCUT2D eigenvalue weighted by atomic mass is 32.2. The van der Waals surface area contributed by atoms with Crippen molar-refractivity contribution in [2.24, 2.45) is 5.92 Å². The first-order valence-electron chi connectivity index (χ1n) is 16.5. The Morgan fingerprint density at radius 3 is 2.27 bits per heavy atom. The highest BCUT2D eigenvalue weighted by molar-refractivity contribution is 7.99. The Labute approximate surface area is 258 Å². The maximum atomic E-state index is 11.5. The molecule has 0 fully saturated rings. The van der Waals surface area contributed by atoms with E-state index in [2.05, 4.69) is 77.6 Å². The van der Waals surface area contributed by atoms with Crippen molar-refractivity contribution < 1.29 is 14.3 Å². The first kappa shape index (κ1) is 39.2. The van der Waals surface area contributed by atoms with Gasteiger partial charge in [-0.15, -0.1) is 6.58 Å². The number of rotatable bonds is 24. The second-order valence-electron chi connectivity index (χ2n) is 11.2. The molecule has 1 aromatic carbocycles. The Balaban J connectivity index is 0.000000781. The SMILES string of the molecule is C=C(C)CC(/C=C/CCc1cccc(CCC)c1)CC.CCCCCCCCC(=O)OCCC(=O)CCCSCC. The molecule has 0 spiro atoms. The second kappa shape index (κ2) is 28.3. The Hall–Kier alpha value is -1.81. The fourth-order valence-corrected chi connectivity index (χ4v) is 5.24. The van der Waals surface area contributed by atoms with Crippen LogP contribution in [0.15, 0.2) is 48.6 Å². The van der Waals surface area contributed by atoms with Gasteiger partial charge in [0.15, 0.2) is 0 Å². The van der Waals surface area contributed by atoms with Crippen LogP contribution in [-0.2, 0) is 27.2 Å². The molecular weight excluding hydrogens is 524 g/mol. The first-order valence-corrected chi connectivity index (χ1v) is 17.6. The predicted molar refractivity (Wildman–Crippen MR) is 182 cm³/mol. The fourth-order valence-electron chi connectivity index (χ4n) is 4.61. The number of thioether (sulfide) groups is 1. The van der Waals surface area contributed by atoms with E-state index in [1.807, 2.05) is 11.8 Å². The van der Waals surface area contributed by atoms with Gasteiger partial charge in [0.1, 0.15) is 5.78 Å². The van der Waals surface area contributed by atoms with E-state index in [-0.39, 0.29) is 18.4 Å². The number of Topliss-reactive ketones (excluding diaryl/α,β-unsaturated/α-hetero) is 1. The van der Waals surface area contributed by atoms with Crippen LogP contribution < -0.4 is 0 Å². The minimum absolute atomic E-state index is 0.153. The number of benzene rings is 1. The maximum Gasteiger partial charge on any atom is 0.305 e. The minimum atomic E-state index is -0.153. The number of aryl methyl sites for hydroxylation is 2. The molecule has 0 saturated heterocycles. The van der Waals surface area contributed by atoms with Crippen LogP contribution in [0.1, 0.15) is 136 Å².